The average molecular weight is 455 g/mol. The molecule has 0 atom stereocenters. The van der Waals surface area contributed by atoms with Crippen LogP contribution < -0.4 is 4.90 Å². The van der Waals surface area contributed by atoms with E-state index >= 15 is 0 Å². The largest absolute Gasteiger partial charge is 0.481 e. The molecule has 1 aliphatic rings. The molecule has 0 spiro atoms. The number of aryl methyl sites for hydroxylation is 1. The summed E-state index contributed by atoms with van der Waals surface area (Å²) in [4.78, 5) is 14.2. The molecule has 1 N–H and O–H groups in total. The quantitative estimate of drug-likeness (QED) is 0.388. The first-order valence-corrected chi connectivity index (χ1v) is 11.7. The van der Waals surface area contributed by atoms with Crippen LogP contribution >= 0.6 is 0 Å². The molecule has 0 aliphatic carbocycles. The van der Waals surface area contributed by atoms with Gasteiger partial charge in [-0.3, -0.25) is 4.79 Å². The van der Waals surface area contributed by atoms with Gasteiger partial charge in [-0.15, -0.1) is 0 Å². The molecule has 0 amide bonds. The summed E-state index contributed by atoms with van der Waals surface area (Å²) in [6.45, 7) is 6.95. The van der Waals surface area contributed by atoms with E-state index in [0.717, 1.165) is 57.7 Å². The van der Waals surface area contributed by atoms with E-state index in [1.807, 2.05) is 18.2 Å². The van der Waals surface area contributed by atoms with E-state index in [1.165, 1.54) is 11.1 Å². The molecule has 0 saturated carbocycles. The molecule has 1 aromatic heterocycles. The lowest BCUT2D eigenvalue weighted by Gasteiger charge is -2.31. The third kappa shape index (κ3) is 3.97. The van der Waals surface area contributed by atoms with Gasteiger partial charge in [-0.1, -0.05) is 60.2 Å². The highest BCUT2D eigenvalue weighted by Crippen LogP contribution is 2.44. The normalized spacial score (nSPS) is 13.0. The van der Waals surface area contributed by atoms with Gasteiger partial charge in [0, 0.05) is 31.2 Å². The van der Waals surface area contributed by atoms with Crippen LogP contribution in [-0.4, -0.2) is 29.2 Å². The van der Waals surface area contributed by atoms with Crippen LogP contribution in [0.25, 0.3) is 22.0 Å². The van der Waals surface area contributed by atoms with E-state index in [9.17, 15) is 9.90 Å². The van der Waals surface area contributed by atoms with Gasteiger partial charge >= 0.3 is 5.97 Å². The van der Waals surface area contributed by atoms with Crippen molar-refractivity contribution in [1.82, 2.24) is 4.57 Å². The van der Waals surface area contributed by atoms with Crippen LogP contribution in [0.2, 0.25) is 0 Å². The minimum atomic E-state index is -0.813. The van der Waals surface area contributed by atoms with Crippen LogP contribution in [0, 0.1) is 13.8 Å². The molecule has 0 bridgehead atoms. The maximum absolute atomic E-state index is 11.9. The number of carboxylic acid groups (broad SMARTS) is 1. The van der Waals surface area contributed by atoms with Crippen molar-refractivity contribution in [3.8, 4) is 11.1 Å². The summed E-state index contributed by atoms with van der Waals surface area (Å²) in [5.41, 5.74) is 9.78. The number of nitrogens with zero attached hydrogens (tertiary/aromatic N) is 2. The molecule has 0 fully saturated rings. The predicted molar refractivity (Wildman–Crippen MR) is 136 cm³/mol. The topological polar surface area (TPSA) is 54.7 Å². The van der Waals surface area contributed by atoms with Crippen molar-refractivity contribution in [1.29, 1.82) is 0 Å². The van der Waals surface area contributed by atoms with E-state index in [4.69, 9.17) is 4.74 Å². The molecule has 34 heavy (non-hydrogen) atoms. The van der Waals surface area contributed by atoms with Crippen molar-refractivity contribution in [2.45, 2.75) is 40.0 Å². The molecule has 3 aromatic carbocycles. The second-order valence-corrected chi connectivity index (χ2v) is 9.21. The van der Waals surface area contributed by atoms with Crippen molar-refractivity contribution in [2.24, 2.45) is 0 Å². The Kier molecular flexibility index (Phi) is 5.88. The maximum Gasteiger partial charge on any atom is 0.307 e. The molecule has 5 rings (SSSR count). The van der Waals surface area contributed by atoms with Gasteiger partial charge in [-0.2, -0.15) is 0 Å². The Balaban J connectivity index is 1.67. The van der Waals surface area contributed by atoms with Crippen molar-refractivity contribution in [2.75, 3.05) is 18.5 Å². The van der Waals surface area contributed by atoms with Crippen LogP contribution in [0.15, 0.2) is 60.7 Å². The summed E-state index contributed by atoms with van der Waals surface area (Å²) < 4.78 is 8.49. The number of carbonyl (C=O) groups is 1. The van der Waals surface area contributed by atoms with Crippen LogP contribution in [0.5, 0.6) is 0 Å². The molecule has 0 radical (unpaired) electrons. The maximum atomic E-state index is 11.9. The lowest BCUT2D eigenvalue weighted by atomic mass is 9.88. The fraction of sp³-hybridized carbons (Fsp3) is 0.276. The van der Waals surface area contributed by atoms with E-state index in [1.54, 1.807) is 0 Å². The summed E-state index contributed by atoms with van der Waals surface area (Å²) in [5.74, 6) is -0.813. The summed E-state index contributed by atoms with van der Waals surface area (Å²) in [6.07, 6.45) is -0.00313. The Hall–Kier alpha value is -3.57. The van der Waals surface area contributed by atoms with Gasteiger partial charge in [0.15, 0.2) is 0 Å². The lowest BCUT2D eigenvalue weighted by molar-refractivity contribution is -0.136. The molecular weight excluding hydrogens is 424 g/mol. The van der Waals surface area contributed by atoms with Gasteiger partial charge in [0.05, 0.1) is 30.8 Å². The first-order valence-electron chi connectivity index (χ1n) is 11.7. The first kappa shape index (κ1) is 22.2. The summed E-state index contributed by atoms with van der Waals surface area (Å²) >= 11 is 0. The van der Waals surface area contributed by atoms with Crippen LogP contribution in [0.1, 0.15) is 27.9 Å². The smallest absolute Gasteiger partial charge is 0.307 e. The second kappa shape index (κ2) is 8.99. The SMILES string of the molecule is Cc1ccc(-c2c(CC(=O)O)c(C)c3c4c2cc(COCc2ccccc2)n4CCN3C)cc1. The number of carboxylic acids is 1. The van der Waals surface area contributed by atoms with Gasteiger partial charge in [-0.05, 0) is 47.7 Å². The molecule has 0 saturated heterocycles. The summed E-state index contributed by atoms with van der Waals surface area (Å²) in [7, 11) is 2.10. The zero-order chi connectivity index (χ0) is 23.8. The molecule has 0 unspecified atom stereocenters. The zero-order valence-electron chi connectivity index (χ0n) is 20.0. The standard InChI is InChI=1S/C29H30N2O3/c1-19-9-11-22(12-10-19)27-24(16-26(32)33)20(2)28-29-25(27)15-23(31(29)14-13-30(28)3)18-34-17-21-7-5-4-6-8-21/h4-12,15H,13-14,16-18H2,1-3H3,(H,32,33). The fourth-order valence-electron chi connectivity index (χ4n) is 5.19. The predicted octanol–water partition coefficient (Wildman–Crippen LogP) is 5.72. The average Bonchev–Trinajstić information content (AvgIpc) is 3.18. The van der Waals surface area contributed by atoms with Crippen molar-refractivity contribution in [3.63, 3.8) is 0 Å². The molecule has 174 valence electrons. The highest BCUT2D eigenvalue weighted by molar-refractivity contribution is 6.07. The highest BCUT2D eigenvalue weighted by Gasteiger charge is 2.28. The number of aromatic nitrogens is 1. The molecule has 1 aliphatic heterocycles. The van der Waals surface area contributed by atoms with Crippen LogP contribution in [0.4, 0.5) is 5.69 Å². The van der Waals surface area contributed by atoms with Gasteiger partial charge < -0.3 is 19.3 Å². The Labute approximate surface area is 200 Å². The summed E-state index contributed by atoms with van der Waals surface area (Å²) in [6, 6.07) is 20.8. The van der Waals surface area contributed by atoms with Crippen molar-refractivity contribution >= 4 is 22.6 Å². The number of hydrogen-bond acceptors (Lipinski definition) is 3. The fourth-order valence-corrected chi connectivity index (χ4v) is 5.19. The Morgan fingerprint density at radius 2 is 1.74 bits per heavy atom. The lowest BCUT2D eigenvalue weighted by Crippen LogP contribution is -2.29. The van der Waals surface area contributed by atoms with Gasteiger partial charge in [-0.25, -0.2) is 0 Å². The minimum Gasteiger partial charge on any atom is -0.481 e. The number of aliphatic carboxylic acids is 1. The number of anilines is 1. The Morgan fingerprint density at radius 1 is 1.00 bits per heavy atom. The van der Waals surface area contributed by atoms with E-state index in [2.05, 4.69) is 72.8 Å². The van der Waals surface area contributed by atoms with Crippen LogP contribution in [-0.2, 0) is 35.7 Å². The van der Waals surface area contributed by atoms with Gasteiger partial charge in [0.25, 0.3) is 0 Å². The Bertz CT molecular complexity index is 1350. The second-order valence-electron chi connectivity index (χ2n) is 9.21. The third-order valence-corrected chi connectivity index (χ3v) is 6.86. The number of rotatable bonds is 7. The molecule has 5 heteroatoms. The molecular formula is C29H30N2O3. The number of hydrogen-bond donors (Lipinski definition) is 1. The molecule has 4 aromatic rings. The molecule has 2 heterocycles. The van der Waals surface area contributed by atoms with Crippen molar-refractivity contribution in [3.05, 3.63) is 88.6 Å². The van der Waals surface area contributed by atoms with Gasteiger partial charge in [0.1, 0.15) is 0 Å². The number of benzene rings is 3. The zero-order valence-corrected chi connectivity index (χ0v) is 20.0. The van der Waals surface area contributed by atoms with E-state index in [-0.39, 0.29) is 6.42 Å². The number of likely N-dealkylation sites (N-methyl/N-ethyl adjacent to an activating group) is 1. The monoisotopic (exact) mass is 454 g/mol. The molecule has 5 nitrogen and oxygen atoms in total. The number of ether oxygens (including phenoxy) is 1. The van der Waals surface area contributed by atoms with E-state index in [0.29, 0.717) is 13.2 Å². The highest BCUT2D eigenvalue weighted by atomic mass is 16.5. The first-order chi connectivity index (χ1) is 16.4. The van der Waals surface area contributed by atoms with Crippen LogP contribution in [0.3, 0.4) is 0 Å². The third-order valence-electron chi connectivity index (χ3n) is 6.86. The van der Waals surface area contributed by atoms with Gasteiger partial charge in [0.2, 0.25) is 0 Å². The Morgan fingerprint density at radius 3 is 2.44 bits per heavy atom. The van der Waals surface area contributed by atoms with Crippen molar-refractivity contribution < 1.29 is 14.6 Å². The minimum absolute atomic E-state index is 0.00313. The van der Waals surface area contributed by atoms with E-state index < -0.39 is 5.97 Å². The summed E-state index contributed by atoms with van der Waals surface area (Å²) in [5, 5.41) is 10.9.